The molecule has 0 aromatic heterocycles. The quantitative estimate of drug-likeness (QED) is 0.750. The van der Waals surface area contributed by atoms with Gasteiger partial charge in [0, 0.05) is 18.2 Å². The van der Waals surface area contributed by atoms with E-state index in [1.165, 1.54) is 28.4 Å². The third kappa shape index (κ3) is 4.58. The summed E-state index contributed by atoms with van der Waals surface area (Å²) in [5.74, 6) is 1.75. The Kier molecular flexibility index (Phi) is 6.68. The van der Waals surface area contributed by atoms with Crippen molar-refractivity contribution in [3.05, 3.63) is 47.5 Å². The summed E-state index contributed by atoms with van der Waals surface area (Å²) in [6.07, 6.45) is -0.897. The summed E-state index contributed by atoms with van der Waals surface area (Å²) < 4.78 is 20.7. The highest BCUT2D eigenvalue weighted by Gasteiger charge is 2.15. The zero-order valence-corrected chi connectivity index (χ0v) is 15.2. The number of aliphatic hydroxyl groups excluding tert-OH is 1. The zero-order chi connectivity index (χ0) is 19.1. The third-order valence-corrected chi connectivity index (χ3v) is 3.86. The molecule has 0 aliphatic carbocycles. The van der Waals surface area contributed by atoms with Gasteiger partial charge in [0.15, 0.2) is 11.5 Å². The highest BCUT2D eigenvalue weighted by molar-refractivity contribution is 5.95. The van der Waals surface area contributed by atoms with Crippen LogP contribution in [0.4, 0.5) is 0 Å². The van der Waals surface area contributed by atoms with Gasteiger partial charge in [-0.2, -0.15) is 0 Å². The molecule has 7 nitrogen and oxygen atoms in total. The van der Waals surface area contributed by atoms with E-state index in [2.05, 4.69) is 5.32 Å². The summed E-state index contributed by atoms with van der Waals surface area (Å²) in [6, 6.07) is 9.96. The third-order valence-electron chi connectivity index (χ3n) is 3.86. The van der Waals surface area contributed by atoms with Crippen LogP contribution in [0, 0.1) is 0 Å². The molecule has 140 valence electrons. The minimum atomic E-state index is -0.897. The maximum atomic E-state index is 12.4. The van der Waals surface area contributed by atoms with Crippen molar-refractivity contribution in [2.75, 3.05) is 35.0 Å². The Bertz CT molecular complexity index is 739. The second kappa shape index (κ2) is 8.96. The van der Waals surface area contributed by atoms with Crippen LogP contribution in [0.1, 0.15) is 22.0 Å². The molecule has 1 amide bonds. The van der Waals surface area contributed by atoms with Gasteiger partial charge in [0.25, 0.3) is 5.91 Å². The number of methoxy groups -OCH3 is 4. The number of carbonyl (C=O) groups is 1. The molecule has 2 rings (SSSR count). The number of nitrogens with one attached hydrogen (secondary N) is 1. The van der Waals surface area contributed by atoms with Crippen LogP contribution in [0.15, 0.2) is 36.4 Å². The van der Waals surface area contributed by atoms with Crippen molar-refractivity contribution >= 4 is 5.91 Å². The highest BCUT2D eigenvalue weighted by atomic mass is 16.5. The van der Waals surface area contributed by atoms with Crippen LogP contribution in [-0.4, -0.2) is 46.0 Å². The second-order valence-electron chi connectivity index (χ2n) is 5.44. The Morgan fingerprint density at radius 3 is 2.08 bits per heavy atom. The van der Waals surface area contributed by atoms with Crippen molar-refractivity contribution in [1.82, 2.24) is 5.32 Å². The molecule has 0 saturated carbocycles. The Balaban J connectivity index is 2.07. The minimum absolute atomic E-state index is 0.0356. The van der Waals surface area contributed by atoms with Gasteiger partial charge in [-0.3, -0.25) is 4.79 Å². The first kappa shape index (κ1) is 19.4. The summed E-state index contributed by atoms with van der Waals surface area (Å²) in [4.78, 5) is 12.4. The lowest BCUT2D eigenvalue weighted by atomic mass is 10.1. The van der Waals surface area contributed by atoms with Gasteiger partial charge in [0.2, 0.25) is 0 Å². The summed E-state index contributed by atoms with van der Waals surface area (Å²) >= 11 is 0. The standard InChI is InChI=1S/C19H23NO6/c1-23-14-7-13(8-15(10-14)24-2)19(22)20-11-16(21)12-5-6-17(25-3)18(9-12)26-4/h5-10,16,21H,11H2,1-4H3,(H,20,22). The molecule has 2 N–H and O–H groups in total. The SMILES string of the molecule is COc1cc(OC)cc(C(=O)NCC(O)c2ccc(OC)c(OC)c2)c1. The number of hydrogen-bond acceptors (Lipinski definition) is 6. The van der Waals surface area contributed by atoms with Crippen molar-refractivity contribution in [2.24, 2.45) is 0 Å². The van der Waals surface area contributed by atoms with Crippen LogP contribution in [0.3, 0.4) is 0 Å². The fourth-order valence-corrected chi connectivity index (χ4v) is 2.41. The smallest absolute Gasteiger partial charge is 0.251 e. The lowest BCUT2D eigenvalue weighted by molar-refractivity contribution is 0.0915. The number of carbonyl (C=O) groups excluding carboxylic acids is 1. The molecule has 2 aromatic rings. The lowest BCUT2D eigenvalue weighted by Gasteiger charge is -2.15. The largest absolute Gasteiger partial charge is 0.497 e. The highest BCUT2D eigenvalue weighted by Crippen LogP contribution is 2.30. The molecule has 0 saturated heterocycles. The van der Waals surface area contributed by atoms with E-state index in [1.54, 1.807) is 36.4 Å². The molecule has 26 heavy (non-hydrogen) atoms. The van der Waals surface area contributed by atoms with Crippen LogP contribution in [0.5, 0.6) is 23.0 Å². The summed E-state index contributed by atoms with van der Waals surface area (Å²) in [5, 5.41) is 13.0. The van der Waals surface area contributed by atoms with Crippen molar-refractivity contribution in [3.8, 4) is 23.0 Å². The molecule has 0 bridgehead atoms. The number of benzene rings is 2. The Labute approximate surface area is 152 Å². The molecule has 0 fully saturated rings. The maximum Gasteiger partial charge on any atom is 0.251 e. The maximum absolute atomic E-state index is 12.4. The first-order valence-electron chi connectivity index (χ1n) is 7.93. The molecule has 1 unspecified atom stereocenters. The first-order valence-corrected chi connectivity index (χ1v) is 7.93. The Hall–Kier alpha value is -2.93. The van der Waals surface area contributed by atoms with Crippen LogP contribution < -0.4 is 24.3 Å². The lowest BCUT2D eigenvalue weighted by Crippen LogP contribution is -2.28. The first-order chi connectivity index (χ1) is 12.5. The predicted molar refractivity (Wildman–Crippen MR) is 96.4 cm³/mol. The molecule has 1 atom stereocenters. The van der Waals surface area contributed by atoms with Crippen molar-refractivity contribution in [1.29, 1.82) is 0 Å². The molecule has 0 heterocycles. The van der Waals surface area contributed by atoms with E-state index >= 15 is 0 Å². The van der Waals surface area contributed by atoms with Gasteiger partial charge in [-0.05, 0) is 29.8 Å². The van der Waals surface area contributed by atoms with Gasteiger partial charge in [0.1, 0.15) is 11.5 Å². The molecule has 2 aromatic carbocycles. The average Bonchev–Trinajstić information content (AvgIpc) is 2.70. The minimum Gasteiger partial charge on any atom is -0.497 e. The van der Waals surface area contributed by atoms with Gasteiger partial charge >= 0.3 is 0 Å². The summed E-state index contributed by atoms with van der Waals surface area (Å²) in [5.41, 5.74) is 0.979. The van der Waals surface area contributed by atoms with E-state index in [0.717, 1.165) is 0 Å². The van der Waals surface area contributed by atoms with Crippen molar-refractivity contribution < 1.29 is 28.8 Å². The molecular weight excluding hydrogens is 338 g/mol. The van der Waals surface area contributed by atoms with Gasteiger partial charge in [-0.1, -0.05) is 6.07 Å². The van der Waals surface area contributed by atoms with E-state index in [1.807, 2.05) is 0 Å². The normalized spacial score (nSPS) is 11.4. The van der Waals surface area contributed by atoms with E-state index in [-0.39, 0.29) is 12.5 Å². The fourth-order valence-electron chi connectivity index (χ4n) is 2.41. The fraction of sp³-hybridized carbons (Fsp3) is 0.316. The van der Waals surface area contributed by atoms with Crippen molar-refractivity contribution in [3.63, 3.8) is 0 Å². The molecule has 0 aliphatic rings. The topological polar surface area (TPSA) is 86.3 Å². The predicted octanol–water partition coefficient (Wildman–Crippen LogP) is 2.18. The van der Waals surface area contributed by atoms with Crippen LogP contribution in [0.25, 0.3) is 0 Å². The monoisotopic (exact) mass is 361 g/mol. The van der Waals surface area contributed by atoms with Gasteiger partial charge in [-0.25, -0.2) is 0 Å². The number of ether oxygens (including phenoxy) is 4. The van der Waals surface area contributed by atoms with Crippen LogP contribution in [-0.2, 0) is 0 Å². The number of hydrogen-bond donors (Lipinski definition) is 2. The Morgan fingerprint density at radius 2 is 1.54 bits per heavy atom. The summed E-state index contributed by atoms with van der Waals surface area (Å²) in [7, 11) is 6.08. The number of aliphatic hydroxyl groups is 1. The number of amides is 1. The Morgan fingerprint density at radius 1 is 0.923 bits per heavy atom. The second-order valence-corrected chi connectivity index (χ2v) is 5.44. The van der Waals surface area contributed by atoms with Gasteiger partial charge < -0.3 is 29.4 Å². The average molecular weight is 361 g/mol. The molecule has 0 spiro atoms. The number of rotatable bonds is 8. The molecular formula is C19H23NO6. The van der Waals surface area contributed by atoms with E-state index < -0.39 is 6.10 Å². The van der Waals surface area contributed by atoms with E-state index in [0.29, 0.717) is 34.1 Å². The molecule has 7 heteroatoms. The van der Waals surface area contributed by atoms with Gasteiger partial charge in [0.05, 0.1) is 34.5 Å². The van der Waals surface area contributed by atoms with Crippen LogP contribution in [0.2, 0.25) is 0 Å². The van der Waals surface area contributed by atoms with E-state index in [9.17, 15) is 9.90 Å². The summed E-state index contributed by atoms with van der Waals surface area (Å²) in [6.45, 7) is 0.0356. The van der Waals surface area contributed by atoms with Crippen LogP contribution >= 0.6 is 0 Å². The zero-order valence-electron chi connectivity index (χ0n) is 15.2. The molecule has 0 aliphatic heterocycles. The molecule has 0 radical (unpaired) electrons. The van der Waals surface area contributed by atoms with Crippen molar-refractivity contribution in [2.45, 2.75) is 6.10 Å². The van der Waals surface area contributed by atoms with Gasteiger partial charge in [-0.15, -0.1) is 0 Å². The van der Waals surface area contributed by atoms with E-state index in [4.69, 9.17) is 18.9 Å².